The van der Waals surface area contributed by atoms with E-state index in [1.165, 1.54) is 0 Å². The third-order valence-electron chi connectivity index (χ3n) is 4.37. The van der Waals surface area contributed by atoms with Gasteiger partial charge in [0.05, 0.1) is 12.3 Å². The molecule has 0 spiro atoms. The Hall–Kier alpha value is -1.30. The number of halogens is 2. The van der Waals surface area contributed by atoms with Gasteiger partial charge in [0, 0.05) is 10.0 Å². The maximum atomic E-state index is 12.8. The molecule has 3 amide bonds. The minimum absolute atomic E-state index is 0.219. The van der Waals surface area contributed by atoms with E-state index < -0.39 is 11.8 Å². The topological polar surface area (TPSA) is 49.9 Å². The van der Waals surface area contributed by atoms with Crippen LogP contribution in [0.3, 0.4) is 0 Å². The molecule has 0 aliphatic carbocycles. The van der Waals surface area contributed by atoms with E-state index in [2.05, 4.69) is 0 Å². The van der Waals surface area contributed by atoms with Crippen LogP contribution in [0, 0.1) is 0 Å². The van der Waals surface area contributed by atoms with Crippen molar-refractivity contribution in [1.29, 1.82) is 0 Å². The highest BCUT2D eigenvalue weighted by atomic mass is 35.5. The standard InChI is InChI=1S/C15H16Cl2N2O3/c1-3-15(4-2)19-12(8-22-15)13(20)18(14(19)21)11-6-9(16)5-10(17)7-11/h5-7,12H,3-4,8H2,1-2H3/t12-/m0/s1. The van der Waals surface area contributed by atoms with Gasteiger partial charge < -0.3 is 4.74 Å². The number of fused-ring (bicyclic) bond motifs is 1. The number of hydrogen-bond donors (Lipinski definition) is 0. The van der Waals surface area contributed by atoms with Crippen molar-refractivity contribution >= 4 is 40.8 Å². The first-order valence-corrected chi connectivity index (χ1v) is 7.96. The van der Waals surface area contributed by atoms with Gasteiger partial charge in [0.1, 0.15) is 11.8 Å². The Morgan fingerprint density at radius 3 is 2.32 bits per heavy atom. The average Bonchev–Trinajstić information content (AvgIpc) is 2.96. The average molecular weight is 343 g/mol. The Labute approximate surface area is 138 Å². The van der Waals surface area contributed by atoms with Gasteiger partial charge >= 0.3 is 6.03 Å². The Morgan fingerprint density at radius 2 is 1.77 bits per heavy atom. The van der Waals surface area contributed by atoms with Crippen LogP contribution in [-0.2, 0) is 9.53 Å². The highest BCUT2D eigenvalue weighted by Crippen LogP contribution is 2.41. The SMILES string of the molecule is CCC1(CC)OC[C@H]2C(=O)N(c3cc(Cl)cc(Cl)c3)C(=O)N21. The van der Waals surface area contributed by atoms with Crippen molar-refractivity contribution in [2.75, 3.05) is 11.5 Å². The highest BCUT2D eigenvalue weighted by molar-refractivity contribution is 6.35. The summed E-state index contributed by atoms with van der Waals surface area (Å²) in [6.45, 7) is 4.11. The van der Waals surface area contributed by atoms with E-state index in [1.807, 2.05) is 13.8 Å². The van der Waals surface area contributed by atoms with Gasteiger partial charge in [0.2, 0.25) is 0 Å². The van der Waals surface area contributed by atoms with Crippen molar-refractivity contribution in [3.63, 3.8) is 0 Å². The van der Waals surface area contributed by atoms with E-state index >= 15 is 0 Å². The van der Waals surface area contributed by atoms with Gasteiger partial charge in [0.25, 0.3) is 5.91 Å². The van der Waals surface area contributed by atoms with Gasteiger partial charge in [-0.3, -0.25) is 9.69 Å². The zero-order valence-electron chi connectivity index (χ0n) is 12.3. The molecule has 0 bridgehead atoms. The molecule has 1 aromatic rings. The van der Waals surface area contributed by atoms with Crippen LogP contribution in [0.15, 0.2) is 18.2 Å². The summed E-state index contributed by atoms with van der Waals surface area (Å²) in [5, 5.41) is 0.757. The molecular formula is C15H16Cl2N2O3. The lowest BCUT2D eigenvalue weighted by molar-refractivity contribution is -0.119. The molecule has 118 valence electrons. The number of amides is 3. The number of carbonyl (C=O) groups excluding carboxylic acids is 2. The summed E-state index contributed by atoms with van der Waals surface area (Å²) < 4.78 is 5.78. The van der Waals surface area contributed by atoms with E-state index in [-0.39, 0.29) is 18.5 Å². The third kappa shape index (κ3) is 2.11. The fourth-order valence-electron chi connectivity index (χ4n) is 3.20. The van der Waals surface area contributed by atoms with Gasteiger partial charge in [0.15, 0.2) is 0 Å². The van der Waals surface area contributed by atoms with Crippen LogP contribution in [0.25, 0.3) is 0 Å². The molecular weight excluding hydrogens is 327 g/mol. The Bertz CT molecular complexity index is 625. The summed E-state index contributed by atoms with van der Waals surface area (Å²) in [7, 11) is 0. The van der Waals surface area contributed by atoms with Gasteiger partial charge in [-0.25, -0.2) is 9.69 Å². The zero-order chi connectivity index (χ0) is 16.1. The van der Waals surface area contributed by atoms with Gasteiger partial charge in [-0.1, -0.05) is 37.0 Å². The zero-order valence-corrected chi connectivity index (χ0v) is 13.8. The van der Waals surface area contributed by atoms with Crippen LogP contribution in [0.5, 0.6) is 0 Å². The largest absolute Gasteiger partial charge is 0.353 e. The number of carbonyl (C=O) groups is 2. The lowest BCUT2D eigenvalue weighted by atomic mass is 10.1. The number of urea groups is 1. The molecule has 3 rings (SSSR count). The Kier molecular flexibility index (Phi) is 3.83. The second-order valence-electron chi connectivity index (χ2n) is 5.43. The normalized spacial score (nSPS) is 23.4. The summed E-state index contributed by atoms with van der Waals surface area (Å²) in [4.78, 5) is 28.2. The first-order valence-electron chi connectivity index (χ1n) is 7.21. The number of anilines is 1. The number of rotatable bonds is 3. The van der Waals surface area contributed by atoms with Crippen molar-refractivity contribution in [1.82, 2.24) is 4.90 Å². The second kappa shape index (κ2) is 5.41. The number of ether oxygens (including phenoxy) is 1. The Morgan fingerprint density at radius 1 is 1.18 bits per heavy atom. The van der Waals surface area contributed by atoms with Crippen molar-refractivity contribution in [3.05, 3.63) is 28.2 Å². The molecule has 22 heavy (non-hydrogen) atoms. The predicted octanol–water partition coefficient (Wildman–Crippen LogP) is 3.68. The van der Waals surface area contributed by atoms with Crippen LogP contribution in [0.2, 0.25) is 10.0 Å². The molecule has 2 saturated heterocycles. The monoisotopic (exact) mass is 342 g/mol. The summed E-state index contributed by atoms with van der Waals surface area (Å²) in [5.74, 6) is -0.299. The molecule has 2 heterocycles. The third-order valence-corrected chi connectivity index (χ3v) is 4.81. The van der Waals surface area contributed by atoms with Crippen molar-refractivity contribution in [3.8, 4) is 0 Å². The predicted molar refractivity (Wildman–Crippen MR) is 84.2 cm³/mol. The minimum Gasteiger partial charge on any atom is -0.353 e. The first-order chi connectivity index (χ1) is 10.4. The van der Waals surface area contributed by atoms with E-state index in [1.54, 1.807) is 23.1 Å². The fourth-order valence-corrected chi connectivity index (χ4v) is 3.72. The van der Waals surface area contributed by atoms with Crippen LogP contribution in [0.4, 0.5) is 10.5 Å². The maximum Gasteiger partial charge on any atom is 0.334 e. The van der Waals surface area contributed by atoms with Crippen molar-refractivity contribution in [2.24, 2.45) is 0 Å². The smallest absolute Gasteiger partial charge is 0.334 e. The molecule has 5 nitrogen and oxygen atoms in total. The summed E-state index contributed by atoms with van der Waals surface area (Å²) in [5.41, 5.74) is -0.322. The van der Waals surface area contributed by atoms with Gasteiger partial charge in [-0.2, -0.15) is 0 Å². The van der Waals surface area contributed by atoms with Crippen LogP contribution in [0.1, 0.15) is 26.7 Å². The molecule has 0 N–H and O–H groups in total. The highest BCUT2D eigenvalue weighted by Gasteiger charge is 2.58. The van der Waals surface area contributed by atoms with Crippen LogP contribution >= 0.6 is 23.2 Å². The number of benzene rings is 1. The second-order valence-corrected chi connectivity index (χ2v) is 6.31. The minimum atomic E-state index is -0.714. The molecule has 2 aliphatic heterocycles. The lowest BCUT2D eigenvalue weighted by Gasteiger charge is -2.34. The molecule has 2 aliphatic rings. The molecule has 7 heteroatoms. The quantitative estimate of drug-likeness (QED) is 0.787. The summed E-state index contributed by atoms with van der Waals surface area (Å²) >= 11 is 12.0. The van der Waals surface area contributed by atoms with Gasteiger partial charge in [-0.05, 0) is 31.0 Å². The first kappa shape index (κ1) is 15.6. The fraction of sp³-hybridized carbons (Fsp3) is 0.467. The Balaban J connectivity index is 2.03. The molecule has 0 radical (unpaired) electrons. The number of hydrogen-bond acceptors (Lipinski definition) is 3. The molecule has 2 fully saturated rings. The van der Waals surface area contributed by atoms with E-state index in [4.69, 9.17) is 27.9 Å². The molecule has 0 unspecified atom stereocenters. The summed E-state index contributed by atoms with van der Waals surface area (Å²) in [6, 6.07) is 3.72. The van der Waals surface area contributed by atoms with Crippen LogP contribution < -0.4 is 4.90 Å². The number of imide groups is 1. The van der Waals surface area contributed by atoms with Crippen molar-refractivity contribution in [2.45, 2.75) is 38.5 Å². The summed E-state index contributed by atoms with van der Waals surface area (Å²) in [6.07, 6.45) is 1.26. The lowest BCUT2D eigenvalue weighted by Crippen LogP contribution is -2.48. The maximum absolute atomic E-state index is 12.8. The van der Waals surface area contributed by atoms with E-state index in [9.17, 15) is 9.59 Å². The van der Waals surface area contributed by atoms with Crippen LogP contribution in [-0.4, -0.2) is 35.2 Å². The van der Waals surface area contributed by atoms with E-state index in [0.29, 0.717) is 28.6 Å². The number of nitrogens with zero attached hydrogens (tertiary/aromatic N) is 2. The van der Waals surface area contributed by atoms with Crippen molar-refractivity contribution < 1.29 is 14.3 Å². The molecule has 0 aromatic heterocycles. The molecule has 1 aromatic carbocycles. The van der Waals surface area contributed by atoms with E-state index in [0.717, 1.165) is 4.90 Å². The molecule has 0 saturated carbocycles. The molecule has 1 atom stereocenters. The van der Waals surface area contributed by atoms with Gasteiger partial charge in [-0.15, -0.1) is 0 Å².